The number of thiophene rings is 1. The van der Waals surface area contributed by atoms with E-state index < -0.39 is 0 Å². The Morgan fingerprint density at radius 3 is 2.20 bits per heavy atom. The minimum absolute atomic E-state index is 0.267. The van der Waals surface area contributed by atoms with Crippen LogP contribution in [0.4, 0.5) is 0 Å². The van der Waals surface area contributed by atoms with Crippen LogP contribution in [0.5, 0.6) is 0 Å². The van der Waals surface area contributed by atoms with Crippen molar-refractivity contribution in [3.8, 4) is 0 Å². The van der Waals surface area contributed by atoms with Crippen molar-refractivity contribution in [3.63, 3.8) is 0 Å². The van der Waals surface area contributed by atoms with Gasteiger partial charge in [-0.25, -0.2) is 0 Å². The van der Waals surface area contributed by atoms with Crippen LogP contribution >= 0.6 is 11.3 Å². The van der Waals surface area contributed by atoms with Crippen LogP contribution in [0, 0.1) is 0 Å². The maximum absolute atomic E-state index is 3.78. The van der Waals surface area contributed by atoms with E-state index in [1.807, 2.05) is 11.3 Å². The first-order valence-corrected chi connectivity index (χ1v) is 9.07. The molecular weight excluding hydrogens is 264 g/mol. The van der Waals surface area contributed by atoms with Gasteiger partial charge in [-0.2, -0.15) is 0 Å². The molecule has 0 saturated carbocycles. The summed E-state index contributed by atoms with van der Waals surface area (Å²) in [4.78, 5) is 4.16. The fraction of sp³-hybridized carbons (Fsp3) is 0.765. The van der Waals surface area contributed by atoms with E-state index in [1.165, 1.54) is 17.7 Å². The normalized spacial score (nSPS) is 13.9. The summed E-state index contributed by atoms with van der Waals surface area (Å²) in [5, 5.41) is 5.97. The van der Waals surface area contributed by atoms with Gasteiger partial charge in [0.1, 0.15) is 0 Å². The molecule has 20 heavy (non-hydrogen) atoms. The molecule has 0 fully saturated rings. The Morgan fingerprint density at radius 2 is 1.80 bits per heavy atom. The van der Waals surface area contributed by atoms with Crippen LogP contribution < -0.4 is 5.32 Å². The Hall–Kier alpha value is -0.380. The van der Waals surface area contributed by atoms with Gasteiger partial charge in [-0.15, -0.1) is 11.3 Å². The lowest BCUT2D eigenvalue weighted by molar-refractivity contribution is 0.0501. The maximum Gasteiger partial charge on any atom is 0.0360 e. The molecule has 1 aromatic rings. The van der Waals surface area contributed by atoms with Crippen LogP contribution in [0.25, 0.3) is 0 Å². The van der Waals surface area contributed by atoms with E-state index in [0.29, 0.717) is 6.04 Å². The predicted octanol–water partition coefficient (Wildman–Crippen LogP) is 4.17. The zero-order valence-corrected chi connectivity index (χ0v) is 14.7. The molecule has 0 spiro atoms. The molecule has 1 aromatic heterocycles. The molecule has 0 aliphatic heterocycles. The van der Waals surface area contributed by atoms with Crippen LogP contribution in [-0.4, -0.2) is 36.1 Å². The van der Waals surface area contributed by atoms with E-state index in [-0.39, 0.29) is 5.54 Å². The smallest absolute Gasteiger partial charge is 0.0360 e. The third-order valence-corrected chi connectivity index (χ3v) is 5.60. The van der Waals surface area contributed by atoms with Crippen molar-refractivity contribution in [1.29, 1.82) is 0 Å². The average molecular weight is 297 g/mol. The van der Waals surface area contributed by atoms with Crippen LogP contribution in [0.2, 0.25) is 0 Å². The third kappa shape index (κ3) is 3.84. The van der Waals surface area contributed by atoms with Crippen molar-refractivity contribution in [2.45, 2.75) is 65.5 Å². The molecule has 0 aromatic carbocycles. The van der Waals surface area contributed by atoms with Crippen molar-refractivity contribution >= 4 is 11.3 Å². The number of hydrogen-bond donors (Lipinski definition) is 1. The zero-order chi connectivity index (χ0) is 15.0. The summed E-state index contributed by atoms with van der Waals surface area (Å²) in [6, 6.07) is 4.97. The second-order valence-corrected chi connectivity index (χ2v) is 6.41. The van der Waals surface area contributed by atoms with Gasteiger partial charge in [0.2, 0.25) is 0 Å². The summed E-state index contributed by atoms with van der Waals surface area (Å²) in [5.74, 6) is 0. The lowest BCUT2D eigenvalue weighted by atomic mass is 9.80. The monoisotopic (exact) mass is 296 g/mol. The fourth-order valence-electron chi connectivity index (χ4n) is 3.59. The van der Waals surface area contributed by atoms with E-state index in [9.17, 15) is 0 Å². The summed E-state index contributed by atoms with van der Waals surface area (Å²) in [6.07, 6.45) is 3.55. The van der Waals surface area contributed by atoms with Gasteiger partial charge in [-0.05, 0) is 50.3 Å². The highest BCUT2D eigenvalue weighted by atomic mass is 32.1. The van der Waals surface area contributed by atoms with E-state index in [4.69, 9.17) is 0 Å². The summed E-state index contributed by atoms with van der Waals surface area (Å²) in [7, 11) is 0. The highest BCUT2D eigenvalue weighted by Gasteiger charge is 2.39. The van der Waals surface area contributed by atoms with Gasteiger partial charge >= 0.3 is 0 Å². The number of likely N-dealkylation sites (N-methyl/N-ethyl adjacent to an activating group) is 2. The fourth-order valence-corrected chi connectivity index (χ4v) is 4.34. The summed E-state index contributed by atoms with van der Waals surface area (Å²) >= 11 is 1.88. The van der Waals surface area contributed by atoms with Crippen molar-refractivity contribution in [1.82, 2.24) is 10.2 Å². The quantitative estimate of drug-likeness (QED) is 0.697. The lowest BCUT2D eigenvalue weighted by Crippen LogP contribution is -2.61. The molecule has 3 heteroatoms. The van der Waals surface area contributed by atoms with Gasteiger partial charge in [0.25, 0.3) is 0 Å². The minimum Gasteiger partial charge on any atom is -0.312 e. The Labute approximate surface area is 129 Å². The molecule has 1 atom stereocenters. The van der Waals surface area contributed by atoms with Crippen LogP contribution in [0.15, 0.2) is 17.5 Å². The number of nitrogens with zero attached hydrogens (tertiary/aromatic N) is 1. The Bertz CT molecular complexity index is 340. The van der Waals surface area contributed by atoms with E-state index >= 15 is 0 Å². The molecule has 1 heterocycles. The highest BCUT2D eigenvalue weighted by Crippen LogP contribution is 2.30. The summed E-state index contributed by atoms with van der Waals surface area (Å²) in [6.45, 7) is 14.8. The number of nitrogens with one attached hydrogen (secondary N) is 1. The zero-order valence-electron chi connectivity index (χ0n) is 13.9. The molecule has 0 radical (unpaired) electrons. The second kappa shape index (κ2) is 8.81. The topological polar surface area (TPSA) is 15.3 Å². The Morgan fingerprint density at radius 1 is 1.15 bits per heavy atom. The first-order chi connectivity index (χ1) is 9.68. The second-order valence-electron chi connectivity index (χ2n) is 5.38. The largest absolute Gasteiger partial charge is 0.312 e. The number of rotatable bonds is 10. The first kappa shape index (κ1) is 17.7. The molecular formula is C17H32N2S. The lowest BCUT2D eigenvalue weighted by Gasteiger charge is -2.48. The van der Waals surface area contributed by atoms with Crippen LogP contribution in [0.3, 0.4) is 0 Å². The SMILES string of the molecule is CCNC(Cc1cccs1)C(CC)(CC)N(CC)CC. The molecule has 0 aliphatic rings. The highest BCUT2D eigenvalue weighted by molar-refractivity contribution is 7.09. The van der Waals surface area contributed by atoms with Crippen molar-refractivity contribution in [2.24, 2.45) is 0 Å². The molecule has 1 N–H and O–H groups in total. The third-order valence-electron chi connectivity index (χ3n) is 4.70. The molecule has 0 amide bonds. The average Bonchev–Trinajstić information content (AvgIpc) is 2.97. The van der Waals surface area contributed by atoms with E-state index in [1.54, 1.807) is 0 Å². The molecule has 1 unspecified atom stereocenters. The number of hydrogen-bond acceptors (Lipinski definition) is 3. The Balaban J connectivity index is 3.03. The van der Waals surface area contributed by atoms with E-state index in [2.05, 4.69) is 62.3 Å². The van der Waals surface area contributed by atoms with Gasteiger partial charge in [-0.1, -0.05) is 40.7 Å². The van der Waals surface area contributed by atoms with Crippen LogP contribution in [0.1, 0.15) is 52.3 Å². The van der Waals surface area contributed by atoms with Gasteiger partial charge in [0.05, 0.1) is 0 Å². The van der Waals surface area contributed by atoms with Crippen LogP contribution in [-0.2, 0) is 6.42 Å². The maximum atomic E-state index is 3.78. The molecule has 0 aliphatic carbocycles. The first-order valence-electron chi connectivity index (χ1n) is 8.19. The van der Waals surface area contributed by atoms with Crippen molar-refractivity contribution < 1.29 is 0 Å². The van der Waals surface area contributed by atoms with Gasteiger partial charge in [0.15, 0.2) is 0 Å². The van der Waals surface area contributed by atoms with Gasteiger partial charge < -0.3 is 5.32 Å². The van der Waals surface area contributed by atoms with Crippen molar-refractivity contribution in [2.75, 3.05) is 19.6 Å². The summed E-state index contributed by atoms with van der Waals surface area (Å²) in [5.41, 5.74) is 0.267. The van der Waals surface area contributed by atoms with Gasteiger partial charge in [0, 0.05) is 16.5 Å². The molecule has 1 rings (SSSR count). The predicted molar refractivity (Wildman–Crippen MR) is 91.7 cm³/mol. The Kier molecular flexibility index (Phi) is 7.78. The van der Waals surface area contributed by atoms with Gasteiger partial charge in [-0.3, -0.25) is 4.90 Å². The van der Waals surface area contributed by atoms with Crippen molar-refractivity contribution in [3.05, 3.63) is 22.4 Å². The summed E-state index contributed by atoms with van der Waals surface area (Å²) < 4.78 is 0. The van der Waals surface area contributed by atoms with E-state index in [0.717, 1.165) is 26.1 Å². The standard InChI is InChI=1S/C17H32N2S/c1-6-17(7-2,19(9-4)10-5)16(18-8-3)14-15-12-11-13-20-15/h11-13,16,18H,6-10,14H2,1-5H3. The molecule has 2 nitrogen and oxygen atoms in total. The molecule has 0 bridgehead atoms. The minimum atomic E-state index is 0.267. The molecule has 0 saturated heterocycles. The molecule has 116 valence electrons.